The molecular formula is C22H25ClN2O5. The summed E-state index contributed by atoms with van der Waals surface area (Å²) in [5, 5.41) is 3.76. The average Bonchev–Trinajstić information content (AvgIpc) is 2.68. The highest BCUT2D eigenvalue weighted by molar-refractivity contribution is 6.30. The molecule has 0 aliphatic carbocycles. The average molecular weight is 433 g/mol. The summed E-state index contributed by atoms with van der Waals surface area (Å²) in [6.45, 7) is 7.32. The van der Waals surface area contributed by atoms with Gasteiger partial charge in [-0.1, -0.05) is 37.6 Å². The Morgan fingerprint density at radius 2 is 1.80 bits per heavy atom. The molecule has 1 aromatic heterocycles. The summed E-state index contributed by atoms with van der Waals surface area (Å²) in [7, 11) is 0. The maximum absolute atomic E-state index is 13.1. The van der Waals surface area contributed by atoms with Gasteiger partial charge in [0, 0.05) is 23.3 Å². The van der Waals surface area contributed by atoms with Gasteiger partial charge in [-0.05, 0) is 50.1 Å². The number of nitrogens with zero attached hydrogens (tertiary/aromatic N) is 1. The van der Waals surface area contributed by atoms with Crippen LogP contribution in [0.1, 0.15) is 44.6 Å². The van der Waals surface area contributed by atoms with Crippen molar-refractivity contribution in [3.8, 4) is 0 Å². The van der Waals surface area contributed by atoms with Gasteiger partial charge in [-0.25, -0.2) is 4.79 Å². The van der Waals surface area contributed by atoms with Crippen molar-refractivity contribution in [2.24, 2.45) is 5.92 Å². The van der Waals surface area contributed by atoms with E-state index in [1.54, 1.807) is 62.5 Å². The fourth-order valence-corrected chi connectivity index (χ4v) is 2.96. The predicted octanol–water partition coefficient (Wildman–Crippen LogP) is 4.18. The minimum atomic E-state index is -1.25. The van der Waals surface area contributed by atoms with Crippen LogP contribution in [0.5, 0.6) is 0 Å². The first-order valence-electron chi connectivity index (χ1n) is 9.34. The van der Waals surface area contributed by atoms with Crippen LogP contribution < -0.4 is 5.32 Å². The Bertz CT molecular complexity index is 880. The quantitative estimate of drug-likeness (QED) is 0.493. The highest BCUT2D eigenvalue weighted by Crippen LogP contribution is 2.31. The molecule has 160 valence electrons. The van der Waals surface area contributed by atoms with Crippen LogP contribution in [0.3, 0.4) is 0 Å². The highest BCUT2D eigenvalue weighted by atomic mass is 35.5. The normalized spacial score (nSPS) is 12.2. The molecule has 1 N–H and O–H groups in total. The van der Waals surface area contributed by atoms with Crippen LogP contribution in [0.4, 0.5) is 5.69 Å². The molecule has 0 saturated heterocycles. The summed E-state index contributed by atoms with van der Waals surface area (Å²) in [5.74, 6) is -0.938. The molecule has 1 unspecified atom stereocenters. The molecule has 0 amide bonds. The Morgan fingerprint density at radius 3 is 2.30 bits per heavy atom. The van der Waals surface area contributed by atoms with Crippen molar-refractivity contribution in [2.75, 3.05) is 5.32 Å². The van der Waals surface area contributed by atoms with E-state index in [-0.39, 0.29) is 30.4 Å². The number of halogens is 1. The Hall–Kier alpha value is -3.02. The summed E-state index contributed by atoms with van der Waals surface area (Å²) in [6, 6.07) is 12.2. The van der Waals surface area contributed by atoms with Crippen molar-refractivity contribution in [2.45, 2.75) is 45.8 Å². The zero-order chi connectivity index (χ0) is 22.7. The number of esters is 1. The molecule has 0 spiro atoms. The molecule has 1 heterocycles. The molecule has 7 nitrogen and oxygen atoms in total. The number of anilines is 1. The van der Waals surface area contributed by atoms with Gasteiger partial charge in [0.15, 0.2) is 5.78 Å². The van der Waals surface area contributed by atoms with Crippen molar-refractivity contribution in [1.29, 1.82) is 0 Å². The third kappa shape index (κ3) is 7.10. The van der Waals surface area contributed by atoms with Crippen LogP contribution in [0, 0.1) is 5.92 Å². The topological polar surface area (TPSA) is 102 Å². The molecule has 8 heteroatoms. The number of ketones is 1. The smallest absolute Gasteiger partial charge is 0.373 e. The molecule has 2 aromatic rings. The third-order valence-corrected chi connectivity index (χ3v) is 4.51. The molecule has 30 heavy (non-hydrogen) atoms. The second kappa shape index (κ2) is 11.9. The Morgan fingerprint density at radius 1 is 1.13 bits per heavy atom. The van der Waals surface area contributed by atoms with E-state index in [9.17, 15) is 9.59 Å². The highest BCUT2D eigenvalue weighted by Gasteiger charge is 2.45. The van der Waals surface area contributed by atoms with Crippen molar-refractivity contribution in [3.05, 3.63) is 59.4 Å². The third-order valence-electron chi connectivity index (χ3n) is 4.27. The number of rotatable bonds is 8. The van der Waals surface area contributed by atoms with Gasteiger partial charge in [0.2, 0.25) is 0 Å². The summed E-state index contributed by atoms with van der Waals surface area (Å²) >= 11 is 6.09. The SMILES string of the molecule is CC(C)OC(=O)C(CC(=O)c1ccccn1)(Nc1cccc(Cl)c1)C(C)C.O=C=O. The zero-order valence-corrected chi connectivity index (χ0v) is 18.1. The number of hydrogen-bond donors (Lipinski definition) is 1. The minimum Gasteiger partial charge on any atom is -0.461 e. The maximum Gasteiger partial charge on any atom is 0.373 e. The number of hydrogen-bond acceptors (Lipinski definition) is 7. The maximum atomic E-state index is 13.1. The van der Waals surface area contributed by atoms with Gasteiger partial charge in [0.05, 0.1) is 6.10 Å². The van der Waals surface area contributed by atoms with Crippen LogP contribution in [0.2, 0.25) is 5.02 Å². The molecule has 0 fully saturated rings. The summed E-state index contributed by atoms with van der Waals surface area (Å²) in [5.41, 5.74) is -0.290. The van der Waals surface area contributed by atoms with E-state index in [4.69, 9.17) is 25.9 Å². The van der Waals surface area contributed by atoms with Crippen LogP contribution in [0.25, 0.3) is 0 Å². The lowest BCUT2D eigenvalue weighted by atomic mass is 9.80. The second-order valence-electron chi connectivity index (χ2n) is 7.11. The van der Waals surface area contributed by atoms with E-state index < -0.39 is 11.5 Å². The number of Topliss-reactive ketones (excluding diaryl/α,β-unsaturated/α-hetero) is 1. The van der Waals surface area contributed by atoms with Crippen molar-refractivity contribution < 1.29 is 23.9 Å². The van der Waals surface area contributed by atoms with Gasteiger partial charge in [0.1, 0.15) is 11.2 Å². The lowest BCUT2D eigenvalue weighted by Gasteiger charge is -2.37. The molecule has 0 bridgehead atoms. The van der Waals surface area contributed by atoms with Crippen molar-refractivity contribution >= 4 is 35.2 Å². The summed E-state index contributed by atoms with van der Waals surface area (Å²) < 4.78 is 5.51. The van der Waals surface area contributed by atoms with Crippen LogP contribution in [0.15, 0.2) is 48.7 Å². The predicted molar refractivity (Wildman–Crippen MR) is 112 cm³/mol. The molecule has 0 saturated carbocycles. The number of ether oxygens (including phenoxy) is 1. The number of pyridine rings is 1. The number of nitrogens with one attached hydrogen (secondary N) is 1. The van der Waals surface area contributed by atoms with E-state index in [2.05, 4.69) is 10.3 Å². The molecular weight excluding hydrogens is 408 g/mol. The zero-order valence-electron chi connectivity index (χ0n) is 17.3. The molecule has 0 aliphatic rings. The largest absolute Gasteiger partial charge is 0.461 e. The van der Waals surface area contributed by atoms with E-state index in [1.165, 1.54) is 0 Å². The van der Waals surface area contributed by atoms with Gasteiger partial charge in [-0.3, -0.25) is 9.78 Å². The summed E-state index contributed by atoms with van der Waals surface area (Å²) in [6.07, 6.45) is 1.42. The lowest BCUT2D eigenvalue weighted by molar-refractivity contribution is -0.191. The van der Waals surface area contributed by atoms with Crippen LogP contribution in [-0.4, -0.2) is 34.5 Å². The van der Waals surface area contributed by atoms with Gasteiger partial charge < -0.3 is 10.1 Å². The first kappa shape index (κ1) is 25.0. The lowest BCUT2D eigenvalue weighted by Crippen LogP contribution is -2.54. The van der Waals surface area contributed by atoms with E-state index in [0.717, 1.165) is 0 Å². The monoisotopic (exact) mass is 432 g/mol. The van der Waals surface area contributed by atoms with Gasteiger partial charge >= 0.3 is 12.1 Å². The van der Waals surface area contributed by atoms with Gasteiger partial charge in [-0.2, -0.15) is 9.59 Å². The molecule has 0 radical (unpaired) electrons. The van der Waals surface area contributed by atoms with E-state index in [1.807, 2.05) is 13.8 Å². The number of carbonyl (C=O) groups excluding carboxylic acids is 4. The first-order valence-corrected chi connectivity index (χ1v) is 9.72. The van der Waals surface area contributed by atoms with Gasteiger partial charge in [-0.15, -0.1) is 0 Å². The van der Waals surface area contributed by atoms with Gasteiger partial charge in [0.25, 0.3) is 0 Å². The summed E-state index contributed by atoms with van der Waals surface area (Å²) in [4.78, 5) is 46.3. The minimum absolute atomic E-state index is 0.0836. The molecule has 1 atom stereocenters. The fourth-order valence-electron chi connectivity index (χ4n) is 2.77. The number of aromatic nitrogens is 1. The molecule has 1 aromatic carbocycles. The second-order valence-corrected chi connectivity index (χ2v) is 7.55. The van der Waals surface area contributed by atoms with Crippen molar-refractivity contribution in [1.82, 2.24) is 4.98 Å². The van der Waals surface area contributed by atoms with Crippen LogP contribution in [-0.2, 0) is 19.1 Å². The number of benzene rings is 1. The number of carbonyl (C=O) groups is 2. The molecule has 0 aliphatic heterocycles. The van der Waals surface area contributed by atoms with Crippen LogP contribution >= 0.6 is 11.6 Å². The standard InChI is InChI=1S/C21H25ClN2O3.CO2/c1-14(2)21(20(26)27-15(3)4,24-17-9-7-8-16(22)12-17)13-19(25)18-10-5-6-11-23-18;2-1-3/h5-12,14-15,24H,13H2,1-4H3;. The van der Waals surface area contributed by atoms with Crippen molar-refractivity contribution in [3.63, 3.8) is 0 Å². The first-order chi connectivity index (χ1) is 14.2. The Kier molecular flexibility index (Phi) is 9.89. The van der Waals surface area contributed by atoms with E-state index >= 15 is 0 Å². The fraction of sp³-hybridized carbons (Fsp3) is 0.364. The molecule has 2 rings (SSSR count). The Balaban J connectivity index is 0.00000141. The van der Waals surface area contributed by atoms with E-state index in [0.29, 0.717) is 16.4 Å². The Labute approximate surface area is 180 Å².